The zero-order valence-corrected chi connectivity index (χ0v) is 13.4. The van der Waals surface area contributed by atoms with Gasteiger partial charge in [0.25, 0.3) is 0 Å². The lowest BCUT2D eigenvalue weighted by Crippen LogP contribution is -2.29. The van der Waals surface area contributed by atoms with Crippen LogP contribution in [-0.4, -0.2) is 23.8 Å². The quantitative estimate of drug-likeness (QED) is 0.771. The molecule has 3 nitrogen and oxygen atoms in total. The Balaban J connectivity index is 1.77. The van der Waals surface area contributed by atoms with Crippen LogP contribution in [0.25, 0.3) is 0 Å². The van der Waals surface area contributed by atoms with E-state index in [0.29, 0.717) is 0 Å². The summed E-state index contributed by atoms with van der Waals surface area (Å²) in [6.07, 6.45) is 2.66. The first-order valence-electron chi connectivity index (χ1n) is 7.63. The van der Waals surface area contributed by atoms with Gasteiger partial charge in [0.15, 0.2) is 11.6 Å². The highest BCUT2D eigenvalue weighted by molar-refractivity contribution is 9.10. The van der Waals surface area contributed by atoms with Crippen molar-refractivity contribution >= 4 is 27.5 Å². The molecule has 1 unspecified atom stereocenters. The van der Waals surface area contributed by atoms with E-state index in [4.69, 9.17) is 4.74 Å². The van der Waals surface area contributed by atoms with E-state index >= 15 is 0 Å². The minimum absolute atomic E-state index is 0.0121. The summed E-state index contributed by atoms with van der Waals surface area (Å²) in [6.45, 7) is 2.06. The monoisotopic (exact) mass is 348 g/mol. The van der Waals surface area contributed by atoms with E-state index < -0.39 is 5.92 Å². The van der Waals surface area contributed by atoms with Gasteiger partial charge in [0.1, 0.15) is 5.92 Å². The Morgan fingerprint density at radius 1 is 1.14 bits per heavy atom. The minimum Gasteiger partial charge on any atom is -0.373 e. The van der Waals surface area contributed by atoms with Gasteiger partial charge in [-0.15, -0.1) is 0 Å². The second-order valence-corrected chi connectivity index (χ2v) is 7.19. The Morgan fingerprint density at radius 2 is 1.76 bits per heavy atom. The van der Waals surface area contributed by atoms with Crippen LogP contribution >= 0.6 is 15.9 Å². The van der Waals surface area contributed by atoms with E-state index in [9.17, 15) is 9.59 Å². The second-order valence-electron chi connectivity index (χ2n) is 6.28. The highest BCUT2D eigenvalue weighted by Crippen LogP contribution is 2.52. The van der Waals surface area contributed by atoms with Crippen LogP contribution in [0.5, 0.6) is 0 Å². The van der Waals surface area contributed by atoms with Crippen molar-refractivity contribution in [1.29, 1.82) is 0 Å². The lowest BCUT2D eigenvalue weighted by molar-refractivity contribution is -0.127. The molecular weight excluding hydrogens is 332 g/mol. The van der Waals surface area contributed by atoms with Crippen LogP contribution in [0.4, 0.5) is 0 Å². The summed E-state index contributed by atoms with van der Waals surface area (Å²) >= 11 is 3.46. The molecule has 0 spiro atoms. The van der Waals surface area contributed by atoms with E-state index in [1.54, 1.807) is 0 Å². The molecule has 3 aliphatic rings. The second kappa shape index (κ2) is 4.75. The first-order chi connectivity index (χ1) is 10.1. The van der Waals surface area contributed by atoms with Crippen molar-refractivity contribution in [2.75, 3.05) is 0 Å². The topological polar surface area (TPSA) is 43.4 Å². The number of ether oxygens (including phenoxy) is 1. The number of carbonyl (C=O) groups is 2. The average molecular weight is 349 g/mol. The van der Waals surface area contributed by atoms with Gasteiger partial charge >= 0.3 is 0 Å². The van der Waals surface area contributed by atoms with E-state index in [-0.39, 0.29) is 35.6 Å². The van der Waals surface area contributed by atoms with Gasteiger partial charge in [-0.05, 0) is 42.5 Å². The highest BCUT2D eigenvalue weighted by Gasteiger charge is 2.62. The van der Waals surface area contributed by atoms with Crippen LogP contribution in [0, 0.1) is 11.8 Å². The smallest absolute Gasteiger partial charge is 0.154 e. The summed E-state index contributed by atoms with van der Waals surface area (Å²) in [5.41, 5.74) is 1.99. The summed E-state index contributed by atoms with van der Waals surface area (Å²) in [5, 5.41) is 0. The first-order valence-corrected chi connectivity index (χ1v) is 8.42. The van der Waals surface area contributed by atoms with Gasteiger partial charge in [0, 0.05) is 4.47 Å². The molecule has 2 saturated heterocycles. The van der Waals surface area contributed by atoms with Gasteiger partial charge in [0.2, 0.25) is 0 Å². The summed E-state index contributed by atoms with van der Waals surface area (Å²) in [6, 6.07) is 5.89. The molecule has 4 rings (SSSR count). The molecule has 2 aliphatic heterocycles. The highest BCUT2D eigenvalue weighted by atomic mass is 79.9. The molecule has 21 heavy (non-hydrogen) atoms. The fourth-order valence-electron chi connectivity index (χ4n) is 4.39. The Morgan fingerprint density at radius 3 is 2.33 bits per heavy atom. The maximum atomic E-state index is 12.8. The Kier molecular flexibility index (Phi) is 3.09. The largest absolute Gasteiger partial charge is 0.373 e. The Hall–Kier alpha value is -1.00. The zero-order chi connectivity index (χ0) is 14.7. The number of hydrogen-bond donors (Lipinski definition) is 0. The van der Waals surface area contributed by atoms with E-state index in [0.717, 1.165) is 34.9 Å². The lowest BCUT2D eigenvalue weighted by atomic mass is 9.81. The Bertz CT molecular complexity index is 611. The average Bonchev–Trinajstić information content (AvgIpc) is 3.14. The van der Waals surface area contributed by atoms with Crippen LogP contribution in [0.2, 0.25) is 0 Å². The number of fused-ring (bicyclic) bond motifs is 5. The van der Waals surface area contributed by atoms with Crippen LogP contribution in [-0.2, 0) is 20.7 Å². The molecule has 1 saturated carbocycles. The molecule has 2 bridgehead atoms. The van der Waals surface area contributed by atoms with Crippen LogP contribution < -0.4 is 0 Å². The molecule has 1 aromatic rings. The predicted molar refractivity (Wildman–Crippen MR) is 81.2 cm³/mol. The zero-order valence-electron chi connectivity index (χ0n) is 11.8. The van der Waals surface area contributed by atoms with E-state index in [1.165, 1.54) is 0 Å². The number of aryl methyl sites for hydroxylation is 1. The molecule has 4 heteroatoms. The third kappa shape index (κ3) is 1.82. The molecule has 0 N–H and O–H groups in total. The van der Waals surface area contributed by atoms with E-state index in [1.807, 2.05) is 18.2 Å². The predicted octanol–water partition coefficient (Wildman–Crippen LogP) is 3.04. The molecule has 110 valence electrons. The summed E-state index contributed by atoms with van der Waals surface area (Å²) in [7, 11) is 0. The fraction of sp³-hybridized carbons (Fsp3) is 0.529. The lowest BCUT2D eigenvalue weighted by Gasteiger charge is -2.16. The van der Waals surface area contributed by atoms with Gasteiger partial charge in [0.05, 0.1) is 24.0 Å². The number of carbonyl (C=O) groups excluding carboxylic acids is 2. The number of hydrogen-bond acceptors (Lipinski definition) is 3. The van der Waals surface area contributed by atoms with Gasteiger partial charge in [-0.1, -0.05) is 28.9 Å². The molecule has 0 radical (unpaired) electrons. The molecule has 1 aliphatic carbocycles. The molecular formula is C17H17BrO3. The third-order valence-electron chi connectivity index (χ3n) is 5.30. The van der Waals surface area contributed by atoms with E-state index in [2.05, 4.69) is 22.9 Å². The van der Waals surface area contributed by atoms with Crippen molar-refractivity contribution in [2.45, 2.75) is 44.3 Å². The van der Waals surface area contributed by atoms with Crippen LogP contribution in [0.1, 0.15) is 36.8 Å². The van der Waals surface area contributed by atoms with Gasteiger partial charge < -0.3 is 4.74 Å². The standard InChI is InChI=1S/C17H17BrO3/c1-2-8-7-9(18)3-4-10(8)13-16(19)14-11-5-6-12(21-11)15(14)17(13)20/h3-4,7,11-15H,2,5-6H2,1H3/t11-,12+,13?,14-,15+. The summed E-state index contributed by atoms with van der Waals surface area (Å²) < 4.78 is 6.78. The first kappa shape index (κ1) is 13.6. The molecule has 0 aromatic heterocycles. The van der Waals surface area contributed by atoms with Crippen molar-refractivity contribution in [3.8, 4) is 0 Å². The summed E-state index contributed by atoms with van der Waals surface area (Å²) in [4.78, 5) is 25.7. The molecule has 1 aromatic carbocycles. The number of ketones is 2. The molecule has 3 fully saturated rings. The number of Topliss-reactive ketones (excluding diaryl/α,β-unsaturated/α-hetero) is 2. The maximum absolute atomic E-state index is 12.8. The van der Waals surface area contributed by atoms with Crippen molar-refractivity contribution in [3.63, 3.8) is 0 Å². The number of benzene rings is 1. The van der Waals surface area contributed by atoms with Crippen molar-refractivity contribution in [3.05, 3.63) is 33.8 Å². The summed E-state index contributed by atoms with van der Waals surface area (Å²) in [5.74, 6) is -0.747. The van der Waals surface area contributed by atoms with Crippen molar-refractivity contribution in [2.24, 2.45) is 11.8 Å². The van der Waals surface area contributed by atoms with Crippen molar-refractivity contribution in [1.82, 2.24) is 0 Å². The minimum atomic E-state index is -0.560. The molecule has 5 atom stereocenters. The van der Waals surface area contributed by atoms with Gasteiger partial charge in [-0.25, -0.2) is 0 Å². The number of rotatable bonds is 2. The van der Waals surface area contributed by atoms with Gasteiger partial charge in [-0.3, -0.25) is 9.59 Å². The Labute approximate surface area is 132 Å². The van der Waals surface area contributed by atoms with Crippen LogP contribution in [0.3, 0.4) is 0 Å². The normalized spacial score (nSPS) is 37.3. The molecule has 2 heterocycles. The van der Waals surface area contributed by atoms with Gasteiger partial charge in [-0.2, -0.15) is 0 Å². The van der Waals surface area contributed by atoms with Crippen molar-refractivity contribution < 1.29 is 14.3 Å². The van der Waals surface area contributed by atoms with Crippen LogP contribution in [0.15, 0.2) is 22.7 Å². The fourth-order valence-corrected chi connectivity index (χ4v) is 4.80. The SMILES string of the molecule is CCc1cc(Br)ccc1C1C(=O)[C@@H]2[C@H](C1=O)[C@H]1CC[C@@H]2O1. The number of halogens is 1. The molecule has 0 amide bonds. The maximum Gasteiger partial charge on any atom is 0.154 e. The third-order valence-corrected chi connectivity index (χ3v) is 5.79.